The van der Waals surface area contributed by atoms with Gasteiger partial charge in [-0.05, 0) is 23.6 Å². The highest BCUT2D eigenvalue weighted by Gasteiger charge is 2.33. The molecule has 0 saturated carbocycles. The van der Waals surface area contributed by atoms with E-state index in [0.717, 1.165) is 28.6 Å². The van der Waals surface area contributed by atoms with Crippen LogP contribution < -0.4 is 10.2 Å². The summed E-state index contributed by atoms with van der Waals surface area (Å²) in [5.74, 6) is 1.45. The Balaban J connectivity index is 1.56. The van der Waals surface area contributed by atoms with Crippen LogP contribution in [0.15, 0.2) is 48.9 Å². The Hall–Kier alpha value is -3.42. The Morgan fingerprint density at radius 2 is 1.97 bits per heavy atom. The van der Waals surface area contributed by atoms with E-state index >= 15 is 0 Å². The van der Waals surface area contributed by atoms with Crippen molar-refractivity contribution in [2.45, 2.75) is 25.7 Å². The van der Waals surface area contributed by atoms with E-state index in [1.54, 1.807) is 37.8 Å². The number of hydrogen-bond donors (Lipinski definition) is 1. The molecule has 7 nitrogen and oxygen atoms in total. The Kier molecular flexibility index (Phi) is 6.16. The van der Waals surface area contributed by atoms with Gasteiger partial charge in [0.15, 0.2) is 0 Å². The van der Waals surface area contributed by atoms with Crippen molar-refractivity contribution in [1.82, 2.24) is 25.3 Å². The summed E-state index contributed by atoms with van der Waals surface area (Å²) >= 11 is 0. The molecule has 1 amide bonds. The molecule has 31 heavy (non-hydrogen) atoms. The van der Waals surface area contributed by atoms with E-state index in [0.29, 0.717) is 25.9 Å². The molecule has 1 fully saturated rings. The first-order valence-corrected chi connectivity index (χ1v) is 10.4. The molecule has 1 N–H and O–H groups in total. The lowest BCUT2D eigenvalue weighted by molar-refractivity contribution is -0.125. The van der Waals surface area contributed by atoms with E-state index in [4.69, 9.17) is 9.97 Å². The highest BCUT2D eigenvalue weighted by Crippen LogP contribution is 2.26. The van der Waals surface area contributed by atoms with E-state index in [1.165, 1.54) is 12.1 Å². The molecular formula is C23H25FN6O. The number of nitrogens with one attached hydrogen (secondary N) is 1. The SMILES string of the molecule is CNC(=O)C1CN(c2cc(Cc3cnccn3)nc(C[C@@H](C)c3ccc(F)cc3)n2)C1. The summed E-state index contributed by atoms with van der Waals surface area (Å²) in [6, 6.07) is 8.51. The van der Waals surface area contributed by atoms with E-state index in [-0.39, 0.29) is 23.6 Å². The normalized spacial score (nSPS) is 14.7. The summed E-state index contributed by atoms with van der Waals surface area (Å²) in [5, 5.41) is 2.70. The second-order valence-corrected chi connectivity index (χ2v) is 7.88. The van der Waals surface area contributed by atoms with Gasteiger partial charge in [-0.2, -0.15) is 0 Å². The molecule has 1 aliphatic heterocycles. The van der Waals surface area contributed by atoms with E-state index < -0.39 is 0 Å². The Morgan fingerprint density at radius 1 is 1.19 bits per heavy atom. The van der Waals surface area contributed by atoms with E-state index in [2.05, 4.69) is 27.1 Å². The molecule has 2 aromatic heterocycles. The summed E-state index contributed by atoms with van der Waals surface area (Å²) < 4.78 is 13.3. The third-order valence-corrected chi connectivity index (χ3v) is 5.54. The summed E-state index contributed by atoms with van der Waals surface area (Å²) in [7, 11) is 1.66. The van der Waals surface area contributed by atoms with Crippen molar-refractivity contribution in [3.8, 4) is 0 Å². The van der Waals surface area contributed by atoms with Gasteiger partial charge in [-0.3, -0.25) is 14.8 Å². The van der Waals surface area contributed by atoms with Gasteiger partial charge in [0.25, 0.3) is 0 Å². The summed E-state index contributed by atoms with van der Waals surface area (Å²) in [6.45, 7) is 3.35. The summed E-state index contributed by atoms with van der Waals surface area (Å²) in [4.78, 5) is 32.0. The number of carbonyl (C=O) groups excluding carboxylic acids is 1. The first-order chi connectivity index (χ1) is 15.0. The highest BCUT2D eigenvalue weighted by molar-refractivity contribution is 5.81. The zero-order chi connectivity index (χ0) is 21.8. The van der Waals surface area contributed by atoms with Crippen molar-refractivity contribution in [1.29, 1.82) is 0 Å². The Morgan fingerprint density at radius 3 is 2.65 bits per heavy atom. The van der Waals surface area contributed by atoms with Crippen LogP contribution in [0.1, 0.15) is 35.6 Å². The van der Waals surface area contributed by atoms with Gasteiger partial charge in [0, 0.05) is 57.6 Å². The summed E-state index contributed by atoms with van der Waals surface area (Å²) in [5.41, 5.74) is 2.72. The number of hydrogen-bond acceptors (Lipinski definition) is 6. The lowest BCUT2D eigenvalue weighted by Gasteiger charge is -2.39. The summed E-state index contributed by atoms with van der Waals surface area (Å²) in [6.07, 6.45) is 6.21. The fourth-order valence-electron chi connectivity index (χ4n) is 3.71. The van der Waals surface area contributed by atoms with Crippen LogP contribution in [-0.4, -0.2) is 46.0 Å². The van der Waals surface area contributed by atoms with Crippen LogP contribution in [0.3, 0.4) is 0 Å². The van der Waals surface area contributed by atoms with Gasteiger partial charge in [-0.1, -0.05) is 19.1 Å². The van der Waals surface area contributed by atoms with Gasteiger partial charge < -0.3 is 10.2 Å². The molecule has 1 saturated heterocycles. The minimum atomic E-state index is -0.246. The molecule has 1 aliphatic rings. The Bertz CT molecular complexity index is 1040. The van der Waals surface area contributed by atoms with Crippen molar-refractivity contribution < 1.29 is 9.18 Å². The smallest absolute Gasteiger partial charge is 0.226 e. The zero-order valence-corrected chi connectivity index (χ0v) is 17.6. The molecule has 0 spiro atoms. The highest BCUT2D eigenvalue weighted by atomic mass is 19.1. The van der Waals surface area contributed by atoms with Crippen LogP contribution >= 0.6 is 0 Å². The molecule has 0 unspecified atom stereocenters. The Labute approximate surface area is 180 Å². The number of carbonyl (C=O) groups is 1. The zero-order valence-electron chi connectivity index (χ0n) is 17.6. The predicted molar refractivity (Wildman–Crippen MR) is 115 cm³/mol. The first-order valence-electron chi connectivity index (χ1n) is 10.4. The van der Waals surface area contributed by atoms with Crippen molar-refractivity contribution in [2.75, 3.05) is 25.0 Å². The average Bonchev–Trinajstić information content (AvgIpc) is 2.73. The fourth-order valence-corrected chi connectivity index (χ4v) is 3.71. The second-order valence-electron chi connectivity index (χ2n) is 7.88. The van der Waals surface area contributed by atoms with E-state index in [9.17, 15) is 9.18 Å². The monoisotopic (exact) mass is 420 g/mol. The molecule has 3 heterocycles. The van der Waals surface area contributed by atoms with Crippen LogP contribution in [0, 0.1) is 11.7 Å². The molecule has 160 valence electrons. The van der Waals surface area contributed by atoms with Gasteiger partial charge in [-0.15, -0.1) is 0 Å². The maximum absolute atomic E-state index is 13.3. The van der Waals surface area contributed by atoms with Crippen molar-refractivity contribution in [3.05, 3.63) is 77.5 Å². The molecular weight excluding hydrogens is 395 g/mol. The largest absolute Gasteiger partial charge is 0.359 e. The minimum Gasteiger partial charge on any atom is -0.359 e. The van der Waals surface area contributed by atoms with E-state index in [1.807, 2.05) is 6.07 Å². The quantitative estimate of drug-likeness (QED) is 0.632. The third-order valence-electron chi connectivity index (χ3n) is 5.54. The standard InChI is InChI=1S/C23H25FN6O/c1-15(16-3-5-18(24)6-4-16)9-21-28-19(10-20-12-26-7-8-27-20)11-22(29-21)30-13-17(14-30)23(31)25-2/h3-8,11-12,15,17H,9-10,13-14H2,1-2H3,(H,25,31)/t15-/m1/s1. The van der Waals surface area contributed by atoms with Gasteiger partial charge in [0.1, 0.15) is 17.5 Å². The van der Waals surface area contributed by atoms with Crippen molar-refractivity contribution >= 4 is 11.7 Å². The number of benzene rings is 1. The third kappa shape index (κ3) is 5.02. The molecule has 3 aromatic rings. The van der Waals surface area contributed by atoms with Crippen molar-refractivity contribution in [3.63, 3.8) is 0 Å². The molecule has 0 radical (unpaired) electrons. The minimum absolute atomic E-state index is 0.0232. The van der Waals surface area contributed by atoms with Crippen molar-refractivity contribution in [2.24, 2.45) is 5.92 Å². The van der Waals surface area contributed by atoms with Crippen LogP contribution in [0.5, 0.6) is 0 Å². The maximum Gasteiger partial charge on any atom is 0.226 e. The molecule has 0 bridgehead atoms. The topological polar surface area (TPSA) is 83.9 Å². The number of aromatic nitrogens is 4. The second kappa shape index (κ2) is 9.16. The molecule has 8 heteroatoms. The predicted octanol–water partition coefficient (Wildman–Crippen LogP) is 2.52. The van der Waals surface area contributed by atoms with Gasteiger partial charge in [0.05, 0.1) is 17.3 Å². The number of nitrogens with zero attached hydrogens (tertiary/aromatic N) is 5. The van der Waals surface area contributed by atoms with Crippen LogP contribution in [0.25, 0.3) is 0 Å². The van der Waals surface area contributed by atoms with Gasteiger partial charge >= 0.3 is 0 Å². The molecule has 0 aliphatic carbocycles. The number of amides is 1. The van der Waals surface area contributed by atoms with Gasteiger partial charge in [-0.25, -0.2) is 14.4 Å². The maximum atomic E-state index is 13.3. The number of anilines is 1. The van der Waals surface area contributed by atoms with Crippen LogP contribution in [-0.2, 0) is 17.6 Å². The number of rotatable bonds is 7. The van der Waals surface area contributed by atoms with Gasteiger partial charge in [0.2, 0.25) is 5.91 Å². The average molecular weight is 420 g/mol. The number of halogens is 1. The first kappa shape index (κ1) is 20.8. The van der Waals surface area contributed by atoms with Crippen LogP contribution in [0.2, 0.25) is 0 Å². The molecule has 1 atom stereocenters. The lowest BCUT2D eigenvalue weighted by Crippen LogP contribution is -2.53. The lowest BCUT2D eigenvalue weighted by atomic mass is 9.97. The van der Waals surface area contributed by atoms with Crippen LogP contribution in [0.4, 0.5) is 10.2 Å². The molecule has 1 aromatic carbocycles. The molecule has 4 rings (SSSR count). The fraction of sp³-hybridized carbons (Fsp3) is 0.348.